The molecule has 0 bridgehead atoms. The lowest BCUT2D eigenvalue weighted by molar-refractivity contribution is 0.0468. The van der Waals surface area contributed by atoms with Gasteiger partial charge in [0, 0.05) is 35.8 Å². The summed E-state index contributed by atoms with van der Waals surface area (Å²) >= 11 is 0. The van der Waals surface area contributed by atoms with Crippen molar-refractivity contribution in [2.24, 2.45) is 0 Å². The van der Waals surface area contributed by atoms with Gasteiger partial charge in [0.05, 0.1) is 17.0 Å². The molecule has 0 fully saturated rings. The molecule has 0 aliphatic carbocycles. The Morgan fingerprint density at radius 3 is 2.53 bits per heavy atom. The van der Waals surface area contributed by atoms with Crippen LogP contribution in [0, 0.1) is 0 Å². The summed E-state index contributed by atoms with van der Waals surface area (Å²) < 4.78 is 29.2. The highest BCUT2D eigenvalue weighted by Crippen LogP contribution is 2.26. The summed E-state index contributed by atoms with van der Waals surface area (Å²) in [5.74, 6) is -0.468. The maximum absolute atomic E-state index is 12.2. The third kappa shape index (κ3) is 4.15. The molecule has 1 aromatic carbocycles. The number of pyridine rings is 2. The quantitative estimate of drug-likeness (QED) is 0.358. The zero-order chi connectivity index (χ0) is 21.1. The number of esters is 1. The first kappa shape index (κ1) is 19.6. The zero-order valence-corrected chi connectivity index (χ0v) is 16.7. The smallest absolute Gasteiger partial charge is 0.338 e. The van der Waals surface area contributed by atoms with Crippen LogP contribution in [0.1, 0.15) is 16.1 Å². The van der Waals surface area contributed by atoms with E-state index in [1.807, 2.05) is 6.07 Å². The average Bonchev–Trinajstić information content (AvgIpc) is 2.77. The van der Waals surface area contributed by atoms with Crippen LogP contribution < -0.4 is 0 Å². The number of nitrogens with zero attached hydrogens (tertiary/aromatic N) is 4. The summed E-state index contributed by atoms with van der Waals surface area (Å²) in [4.78, 5) is 29.0. The van der Waals surface area contributed by atoms with Crippen molar-refractivity contribution in [3.63, 3.8) is 0 Å². The van der Waals surface area contributed by atoms with Crippen LogP contribution in [0.3, 0.4) is 0 Å². The Balaban J connectivity index is 1.76. The molecule has 3 aromatic heterocycles. The fourth-order valence-corrected chi connectivity index (χ4v) is 3.33. The second kappa shape index (κ2) is 7.96. The van der Waals surface area contributed by atoms with Crippen molar-refractivity contribution in [3.8, 4) is 11.3 Å². The average molecular weight is 420 g/mol. The number of sulfone groups is 1. The number of benzene rings is 1. The van der Waals surface area contributed by atoms with Gasteiger partial charge in [-0.15, -0.1) is 0 Å². The lowest BCUT2D eigenvalue weighted by Gasteiger charge is -2.10. The van der Waals surface area contributed by atoms with E-state index in [1.54, 1.807) is 54.9 Å². The van der Waals surface area contributed by atoms with Crippen LogP contribution in [0.25, 0.3) is 22.2 Å². The van der Waals surface area contributed by atoms with Crippen LogP contribution in [0.4, 0.5) is 0 Å². The minimum absolute atomic E-state index is 0.0647. The number of carbonyl (C=O) groups excluding carboxylic acids is 1. The van der Waals surface area contributed by atoms with Gasteiger partial charge in [0.25, 0.3) is 0 Å². The lowest BCUT2D eigenvalue weighted by Crippen LogP contribution is -2.08. The first-order valence-electron chi connectivity index (χ1n) is 8.91. The van der Waals surface area contributed by atoms with E-state index in [4.69, 9.17) is 4.74 Å². The lowest BCUT2D eigenvalue weighted by atomic mass is 10.1. The molecule has 0 aliphatic heterocycles. The molecule has 0 amide bonds. The van der Waals surface area contributed by atoms with Gasteiger partial charge in [0.2, 0.25) is 15.0 Å². The summed E-state index contributed by atoms with van der Waals surface area (Å²) in [5, 5.41) is 0.284. The summed E-state index contributed by atoms with van der Waals surface area (Å²) in [6, 6.07) is 13.8. The molecule has 3 heterocycles. The number of fused-ring (bicyclic) bond motifs is 1. The van der Waals surface area contributed by atoms with E-state index in [0.717, 1.165) is 6.26 Å². The number of ether oxygens (including phenoxy) is 1. The Hall–Kier alpha value is -3.72. The highest BCUT2D eigenvalue weighted by atomic mass is 32.2. The van der Waals surface area contributed by atoms with E-state index in [-0.39, 0.29) is 11.8 Å². The predicted molar refractivity (Wildman–Crippen MR) is 109 cm³/mol. The van der Waals surface area contributed by atoms with Crippen LogP contribution in [0.5, 0.6) is 0 Å². The second-order valence-corrected chi connectivity index (χ2v) is 8.42. The molecule has 0 aliphatic rings. The molecule has 0 spiro atoms. The Bertz CT molecular complexity index is 1330. The third-order valence-corrected chi connectivity index (χ3v) is 5.08. The van der Waals surface area contributed by atoms with Crippen molar-refractivity contribution < 1.29 is 17.9 Å². The number of rotatable bonds is 5. The number of aromatic nitrogens is 4. The van der Waals surface area contributed by atoms with Gasteiger partial charge in [-0.25, -0.2) is 28.2 Å². The molecule has 8 nitrogen and oxygen atoms in total. The standard InChI is InChI=1S/C21H16N4O4S/c1-30(27,28)21-23-12-16-10-17(13-29-20(26)14-6-3-2-4-7-14)24-18(19(16)25-21)15-8-5-9-22-11-15/h2-12H,13H2,1H3. The first-order valence-corrected chi connectivity index (χ1v) is 10.8. The Morgan fingerprint density at radius 1 is 1.03 bits per heavy atom. The van der Waals surface area contributed by atoms with E-state index < -0.39 is 15.8 Å². The Labute approximate surface area is 172 Å². The molecular weight excluding hydrogens is 404 g/mol. The summed E-state index contributed by atoms with van der Waals surface area (Å²) in [6.07, 6.45) is 5.68. The molecule has 150 valence electrons. The topological polar surface area (TPSA) is 112 Å². The molecule has 30 heavy (non-hydrogen) atoms. The van der Waals surface area contributed by atoms with Gasteiger partial charge >= 0.3 is 5.97 Å². The van der Waals surface area contributed by atoms with Gasteiger partial charge in [-0.1, -0.05) is 18.2 Å². The van der Waals surface area contributed by atoms with Gasteiger partial charge in [-0.3, -0.25) is 4.98 Å². The van der Waals surface area contributed by atoms with Crippen molar-refractivity contribution >= 4 is 26.7 Å². The van der Waals surface area contributed by atoms with E-state index in [1.165, 1.54) is 6.20 Å². The van der Waals surface area contributed by atoms with Crippen molar-refractivity contribution in [2.75, 3.05) is 6.26 Å². The van der Waals surface area contributed by atoms with Crippen molar-refractivity contribution in [1.29, 1.82) is 0 Å². The third-order valence-electron chi connectivity index (χ3n) is 4.22. The van der Waals surface area contributed by atoms with Gasteiger partial charge in [0.15, 0.2) is 0 Å². The fourth-order valence-electron chi connectivity index (χ4n) is 2.83. The summed E-state index contributed by atoms with van der Waals surface area (Å²) in [5.41, 5.74) is 2.36. The minimum Gasteiger partial charge on any atom is -0.456 e. The monoisotopic (exact) mass is 420 g/mol. The molecule has 4 rings (SSSR count). The molecule has 0 radical (unpaired) electrons. The SMILES string of the molecule is CS(=O)(=O)c1ncc2cc(COC(=O)c3ccccc3)nc(-c3cccnc3)c2n1. The van der Waals surface area contributed by atoms with Crippen LogP contribution in [-0.4, -0.2) is 40.6 Å². The van der Waals surface area contributed by atoms with Crippen molar-refractivity contribution in [3.05, 3.63) is 78.4 Å². The zero-order valence-electron chi connectivity index (χ0n) is 15.9. The Morgan fingerprint density at radius 2 is 1.83 bits per heavy atom. The molecule has 0 N–H and O–H groups in total. The number of hydrogen-bond donors (Lipinski definition) is 0. The Kier molecular flexibility index (Phi) is 5.20. The largest absolute Gasteiger partial charge is 0.456 e. The molecule has 0 atom stereocenters. The number of hydrogen-bond acceptors (Lipinski definition) is 8. The molecule has 4 aromatic rings. The highest BCUT2D eigenvalue weighted by Gasteiger charge is 2.17. The maximum Gasteiger partial charge on any atom is 0.338 e. The van der Waals surface area contributed by atoms with E-state index in [0.29, 0.717) is 33.4 Å². The van der Waals surface area contributed by atoms with Crippen molar-refractivity contribution in [2.45, 2.75) is 11.8 Å². The maximum atomic E-state index is 12.2. The van der Waals surface area contributed by atoms with E-state index in [2.05, 4.69) is 19.9 Å². The molecule has 9 heteroatoms. The van der Waals surface area contributed by atoms with Crippen LogP contribution in [-0.2, 0) is 21.2 Å². The van der Waals surface area contributed by atoms with Crippen LogP contribution in [0.15, 0.2) is 72.3 Å². The van der Waals surface area contributed by atoms with Gasteiger partial charge in [-0.2, -0.15) is 0 Å². The predicted octanol–water partition coefficient (Wildman–Crippen LogP) is 2.85. The fraction of sp³-hybridized carbons (Fsp3) is 0.0952. The highest BCUT2D eigenvalue weighted by molar-refractivity contribution is 7.90. The van der Waals surface area contributed by atoms with Gasteiger partial charge in [-0.05, 0) is 30.3 Å². The molecule has 0 unspecified atom stereocenters. The normalized spacial score (nSPS) is 11.4. The summed E-state index contributed by atoms with van der Waals surface area (Å²) in [6.45, 7) is -0.0647. The number of carbonyl (C=O) groups is 1. The van der Waals surface area contributed by atoms with Gasteiger partial charge < -0.3 is 4.74 Å². The summed E-state index contributed by atoms with van der Waals surface area (Å²) in [7, 11) is -3.59. The van der Waals surface area contributed by atoms with Crippen LogP contribution >= 0.6 is 0 Å². The molecule has 0 saturated heterocycles. The first-order chi connectivity index (χ1) is 14.4. The molecular formula is C21H16N4O4S. The van der Waals surface area contributed by atoms with E-state index in [9.17, 15) is 13.2 Å². The molecule has 0 saturated carbocycles. The second-order valence-electron chi connectivity index (χ2n) is 6.51. The van der Waals surface area contributed by atoms with E-state index >= 15 is 0 Å². The van der Waals surface area contributed by atoms with Crippen molar-refractivity contribution in [1.82, 2.24) is 19.9 Å². The van der Waals surface area contributed by atoms with Gasteiger partial charge in [0.1, 0.15) is 12.1 Å². The minimum atomic E-state index is -3.59. The van der Waals surface area contributed by atoms with Crippen LogP contribution in [0.2, 0.25) is 0 Å².